The van der Waals surface area contributed by atoms with Crippen LogP contribution < -0.4 is 0 Å². The molecule has 1 aromatic heterocycles. The van der Waals surface area contributed by atoms with Crippen LogP contribution in [-0.2, 0) is 0 Å². The molecule has 0 radical (unpaired) electrons. The van der Waals surface area contributed by atoms with E-state index in [9.17, 15) is 13.6 Å². The minimum Gasteiger partial charge on any atom is -0.330 e. The molecule has 1 saturated heterocycles. The second-order valence-electron chi connectivity index (χ2n) is 6.23. The molecule has 0 saturated carbocycles. The first kappa shape index (κ1) is 16.8. The van der Waals surface area contributed by atoms with Crippen LogP contribution in [-0.4, -0.2) is 22.3 Å². The lowest BCUT2D eigenvalue weighted by atomic mass is 10.0. The molecule has 3 nitrogen and oxygen atoms in total. The van der Waals surface area contributed by atoms with Crippen molar-refractivity contribution in [2.75, 3.05) is 6.54 Å². The van der Waals surface area contributed by atoms with Gasteiger partial charge in [0.1, 0.15) is 22.3 Å². The highest BCUT2D eigenvalue weighted by atomic mass is 32.1. The van der Waals surface area contributed by atoms with E-state index in [1.807, 2.05) is 0 Å². The average molecular weight is 370 g/mol. The lowest BCUT2D eigenvalue weighted by Crippen LogP contribution is -2.30. The summed E-state index contributed by atoms with van der Waals surface area (Å²) in [6.07, 6.45) is 1.72. The highest BCUT2D eigenvalue weighted by Crippen LogP contribution is 2.34. The molecule has 6 heteroatoms. The summed E-state index contributed by atoms with van der Waals surface area (Å²) in [6.45, 7) is 0.632. The van der Waals surface area contributed by atoms with Gasteiger partial charge in [0.2, 0.25) is 0 Å². The fraction of sp³-hybridized carbons (Fsp3) is 0.200. The molecule has 2 aromatic carbocycles. The number of carbonyl (C=O) groups is 1. The SMILES string of the molecule is O=C(c1csc(-c2ccccc2F)n1)N1CCC[C@H]1c1ccc(F)cc1. The van der Waals surface area contributed by atoms with Crippen LogP contribution in [0.4, 0.5) is 8.78 Å². The molecule has 1 aliphatic rings. The van der Waals surface area contributed by atoms with Crippen LogP contribution in [0.5, 0.6) is 0 Å². The molecule has 0 spiro atoms. The van der Waals surface area contributed by atoms with Gasteiger partial charge in [0.05, 0.1) is 6.04 Å². The lowest BCUT2D eigenvalue weighted by molar-refractivity contribution is 0.0730. The van der Waals surface area contributed by atoms with Gasteiger partial charge in [-0.1, -0.05) is 24.3 Å². The Morgan fingerprint density at radius 2 is 1.88 bits per heavy atom. The van der Waals surface area contributed by atoms with Gasteiger partial charge in [-0.25, -0.2) is 13.8 Å². The van der Waals surface area contributed by atoms with E-state index in [-0.39, 0.29) is 23.6 Å². The van der Waals surface area contributed by atoms with Crippen molar-refractivity contribution in [3.8, 4) is 10.6 Å². The van der Waals surface area contributed by atoms with Crippen LogP contribution in [0, 0.1) is 11.6 Å². The van der Waals surface area contributed by atoms with Gasteiger partial charge >= 0.3 is 0 Å². The predicted molar refractivity (Wildman–Crippen MR) is 96.9 cm³/mol. The van der Waals surface area contributed by atoms with Gasteiger partial charge in [-0.15, -0.1) is 11.3 Å². The highest BCUT2D eigenvalue weighted by molar-refractivity contribution is 7.13. The van der Waals surface area contributed by atoms with Gasteiger partial charge in [-0.3, -0.25) is 4.79 Å². The molecule has 132 valence electrons. The Kier molecular flexibility index (Phi) is 4.51. The van der Waals surface area contributed by atoms with E-state index in [1.165, 1.54) is 29.5 Å². The Balaban J connectivity index is 1.59. The summed E-state index contributed by atoms with van der Waals surface area (Å²) in [5.41, 5.74) is 1.64. The van der Waals surface area contributed by atoms with Crippen LogP contribution in [0.1, 0.15) is 34.9 Å². The van der Waals surface area contributed by atoms with Crippen molar-refractivity contribution in [2.24, 2.45) is 0 Å². The summed E-state index contributed by atoms with van der Waals surface area (Å²) in [7, 11) is 0. The van der Waals surface area contributed by atoms with Crippen molar-refractivity contribution in [1.29, 1.82) is 0 Å². The number of hydrogen-bond donors (Lipinski definition) is 0. The molecule has 26 heavy (non-hydrogen) atoms. The van der Waals surface area contributed by atoms with E-state index in [0.717, 1.165) is 18.4 Å². The fourth-order valence-electron chi connectivity index (χ4n) is 3.32. The average Bonchev–Trinajstić information content (AvgIpc) is 3.32. The van der Waals surface area contributed by atoms with Crippen molar-refractivity contribution in [3.05, 3.63) is 76.8 Å². The Hall–Kier alpha value is -2.60. The van der Waals surface area contributed by atoms with Gasteiger partial charge in [-0.2, -0.15) is 0 Å². The van der Waals surface area contributed by atoms with Crippen molar-refractivity contribution in [1.82, 2.24) is 9.88 Å². The van der Waals surface area contributed by atoms with E-state index in [0.29, 0.717) is 22.8 Å². The number of hydrogen-bond acceptors (Lipinski definition) is 3. The lowest BCUT2D eigenvalue weighted by Gasteiger charge is -2.24. The third-order valence-electron chi connectivity index (χ3n) is 4.60. The number of rotatable bonds is 3. The van der Waals surface area contributed by atoms with Crippen molar-refractivity contribution < 1.29 is 13.6 Å². The molecule has 0 bridgehead atoms. The first-order valence-corrected chi connectivity index (χ1v) is 9.28. The third kappa shape index (κ3) is 3.12. The summed E-state index contributed by atoms with van der Waals surface area (Å²) in [6, 6.07) is 12.6. The minimum atomic E-state index is -0.355. The van der Waals surface area contributed by atoms with Crippen LogP contribution >= 0.6 is 11.3 Å². The van der Waals surface area contributed by atoms with Crippen LogP contribution in [0.2, 0.25) is 0 Å². The topological polar surface area (TPSA) is 33.2 Å². The third-order valence-corrected chi connectivity index (χ3v) is 5.47. The van der Waals surface area contributed by atoms with E-state index >= 15 is 0 Å². The largest absolute Gasteiger partial charge is 0.330 e. The molecule has 0 N–H and O–H groups in total. The number of benzene rings is 2. The molecule has 0 unspecified atom stereocenters. The normalized spacial score (nSPS) is 16.8. The maximum absolute atomic E-state index is 13.9. The van der Waals surface area contributed by atoms with Gasteiger partial charge in [0.15, 0.2) is 0 Å². The minimum absolute atomic E-state index is 0.0817. The first-order valence-electron chi connectivity index (χ1n) is 8.40. The van der Waals surface area contributed by atoms with Gasteiger partial charge in [0.25, 0.3) is 5.91 Å². The maximum Gasteiger partial charge on any atom is 0.273 e. The van der Waals surface area contributed by atoms with Gasteiger partial charge in [-0.05, 0) is 42.7 Å². The molecule has 1 amide bonds. The maximum atomic E-state index is 13.9. The summed E-state index contributed by atoms with van der Waals surface area (Å²) in [5, 5.41) is 2.16. The molecular formula is C20H16F2N2OS. The molecule has 4 rings (SSSR count). The second-order valence-corrected chi connectivity index (χ2v) is 7.08. The molecule has 2 heterocycles. The van der Waals surface area contributed by atoms with E-state index in [1.54, 1.807) is 40.6 Å². The van der Waals surface area contributed by atoms with E-state index in [4.69, 9.17) is 0 Å². The Morgan fingerprint density at radius 1 is 1.12 bits per heavy atom. The monoisotopic (exact) mass is 370 g/mol. The number of carbonyl (C=O) groups excluding carboxylic acids is 1. The van der Waals surface area contributed by atoms with Gasteiger partial charge in [0, 0.05) is 17.5 Å². The molecule has 1 aliphatic heterocycles. The predicted octanol–water partition coefficient (Wildman–Crippen LogP) is 5.07. The molecule has 0 aliphatic carbocycles. The number of likely N-dealkylation sites (tertiary alicyclic amines) is 1. The van der Waals surface area contributed by atoms with Crippen LogP contribution in [0.25, 0.3) is 10.6 Å². The number of halogens is 2. The zero-order valence-electron chi connectivity index (χ0n) is 13.9. The Morgan fingerprint density at radius 3 is 2.65 bits per heavy atom. The zero-order chi connectivity index (χ0) is 18.1. The number of nitrogens with zero attached hydrogens (tertiary/aromatic N) is 2. The van der Waals surface area contributed by atoms with Gasteiger partial charge < -0.3 is 4.90 Å². The van der Waals surface area contributed by atoms with Crippen molar-refractivity contribution in [3.63, 3.8) is 0 Å². The Bertz CT molecular complexity index is 939. The zero-order valence-corrected chi connectivity index (χ0v) is 14.7. The van der Waals surface area contributed by atoms with E-state index in [2.05, 4.69) is 4.98 Å². The second kappa shape index (κ2) is 6.96. The molecule has 3 aromatic rings. The summed E-state index contributed by atoms with van der Waals surface area (Å²) >= 11 is 1.25. The number of aromatic nitrogens is 1. The summed E-state index contributed by atoms with van der Waals surface area (Å²) in [4.78, 5) is 19.1. The standard InChI is InChI=1S/C20H16F2N2OS/c21-14-9-7-13(8-10-14)18-6-3-11-24(18)20(25)17-12-26-19(23-17)15-4-1-2-5-16(15)22/h1-2,4-5,7-10,12,18H,3,6,11H2/t18-/m0/s1. The Labute approximate surface area is 153 Å². The van der Waals surface area contributed by atoms with Crippen LogP contribution in [0.15, 0.2) is 53.9 Å². The number of thiazole rings is 1. The molecule has 1 atom stereocenters. The van der Waals surface area contributed by atoms with Crippen molar-refractivity contribution in [2.45, 2.75) is 18.9 Å². The first-order chi connectivity index (χ1) is 12.6. The smallest absolute Gasteiger partial charge is 0.273 e. The van der Waals surface area contributed by atoms with Crippen molar-refractivity contribution >= 4 is 17.2 Å². The molecule has 1 fully saturated rings. The summed E-state index contributed by atoms with van der Waals surface area (Å²) in [5.74, 6) is -0.819. The van der Waals surface area contributed by atoms with Crippen LogP contribution in [0.3, 0.4) is 0 Å². The quantitative estimate of drug-likeness (QED) is 0.645. The van der Waals surface area contributed by atoms with E-state index < -0.39 is 0 Å². The highest BCUT2D eigenvalue weighted by Gasteiger charge is 2.31. The molecular weight excluding hydrogens is 354 g/mol. The fourth-order valence-corrected chi connectivity index (χ4v) is 4.14. The number of amides is 1. The summed E-state index contributed by atoms with van der Waals surface area (Å²) < 4.78 is 27.1.